The van der Waals surface area contributed by atoms with Gasteiger partial charge in [0.1, 0.15) is 6.17 Å². The lowest BCUT2D eigenvalue weighted by molar-refractivity contribution is -0.137. The summed E-state index contributed by atoms with van der Waals surface area (Å²) in [6.07, 6.45) is -3.01. The molecule has 1 amide bonds. The minimum absolute atomic E-state index is 0.00714. The highest BCUT2D eigenvalue weighted by molar-refractivity contribution is 6.01. The van der Waals surface area contributed by atoms with Crippen LogP contribution in [0.5, 0.6) is 0 Å². The average Bonchev–Trinajstić information content (AvgIpc) is 3.46. The first kappa shape index (κ1) is 29.1. The van der Waals surface area contributed by atoms with Crippen molar-refractivity contribution in [3.05, 3.63) is 86.3 Å². The van der Waals surface area contributed by atoms with Crippen molar-refractivity contribution in [1.29, 1.82) is 0 Å². The Balaban J connectivity index is 1.16. The van der Waals surface area contributed by atoms with E-state index in [0.29, 0.717) is 48.4 Å². The third-order valence-electron chi connectivity index (χ3n) is 8.61. The van der Waals surface area contributed by atoms with Crippen molar-refractivity contribution in [1.82, 2.24) is 14.8 Å². The van der Waals surface area contributed by atoms with Crippen molar-refractivity contribution in [3.8, 4) is 0 Å². The molecule has 1 atom stereocenters. The number of amides is 1. The molecule has 3 N–H and O–H groups in total. The van der Waals surface area contributed by atoms with Crippen molar-refractivity contribution in [2.24, 2.45) is 0 Å². The number of benzene rings is 2. The molecule has 0 spiro atoms. The van der Waals surface area contributed by atoms with E-state index in [-0.39, 0.29) is 11.5 Å². The number of hydrogen-bond donors (Lipinski definition) is 3. The fraction of sp³-hybridized carbons (Fsp3) is 0.419. The Morgan fingerprint density at radius 3 is 2.63 bits per heavy atom. The van der Waals surface area contributed by atoms with Crippen molar-refractivity contribution in [3.63, 3.8) is 0 Å². The molecule has 1 fully saturated rings. The lowest BCUT2D eigenvalue weighted by Crippen LogP contribution is -2.41. The molecule has 228 valence electrons. The van der Waals surface area contributed by atoms with E-state index in [9.17, 15) is 22.8 Å². The topological polar surface area (TPSA) is 92.9 Å². The average molecular weight is 597 g/mol. The second-order valence-corrected chi connectivity index (χ2v) is 11.3. The molecule has 1 aromatic heterocycles. The second kappa shape index (κ2) is 11.6. The maximum Gasteiger partial charge on any atom is 0.416 e. The van der Waals surface area contributed by atoms with Crippen LogP contribution >= 0.6 is 0 Å². The maximum absolute atomic E-state index is 13.3. The number of aromatic amines is 1. The van der Waals surface area contributed by atoms with E-state index in [4.69, 9.17) is 4.74 Å². The lowest BCUT2D eigenvalue weighted by atomic mass is 10.0. The molecule has 0 radical (unpaired) electrons. The van der Waals surface area contributed by atoms with Crippen LogP contribution in [0.4, 0.5) is 30.2 Å². The molecule has 12 heteroatoms. The van der Waals surface area contributed by atoms with Crippen LogP contribution in [0.25, 0.3) is 0 Å². The number of pyridine rings is 1. The Morgan fingerprint density at radius 2 is 1.86 bits per heavy atom. The molecular weight excluding hydrogens is 561 g/mol. The van der Waals surface area contributed by atoms with Crippen molar-refractivity contribution >= 4 is 23.0 Å². The van der Waals surface area contributed by atoms with Gasteiger partial charge in [0.05, 0.1) is 35.7 Å². The van der Waals surface area contributed by atoms with Crippen LogP contribution in [0.3, 0.4) is 0 Å². The Bertz CT molecular complexity index is 1580. The van der Waals surface area contributed by atoms with Gasteiger partial charge in [0.25, 0.3) is 11.5 Å². The van der Waals surface area contributed by atoms with Gasteiger partial charge in [-0.1, -0.05) is 6.07 Å². The van der Waals surface area contributed by atoms with Gasteiger partial charge in [-0.25, -0.2) is 0 Å². The maximum atomic E-state index is 13.3. The Hall–Kier alpha value is -4.03. The fourth-order valence-corrected chi connectivity index (χ4v) is 6.10. The lowest BCUT2D eigenvalue weighted by Gasteiger charge is -2.28. The van der Waals surface area contributed by atoms with Gasteiger partial charge in [0, 0.05) is 63.8 Å². The number of aromatic nitrogens is 1. The zero-order valence-corrected chi connectivity index (χ0v) is 24.2. The summed E-state index contributed by atoms with van der Waals surface area (Å²) in [6.45, 7) is 7.31. The third kappa shape index (κ3) is 5.81. The van der Waals surface area contributed by atoms with Gasteiger partial charge in [0.15, 0.2) is 0 Å². The number of carbonyl (C=O) groups excluding carboxylic acids is 1. The molecule has 9 nitrogen and oxygen atoms in total. The first-order chi connectivity index (χ1) is 20.6. The minimum atomic E-state index is -4.41. The van der Waals surface area contributed by atoms with Gasteiger partial charge in [0.2, 0.25) is 0 Å². The van der Waals surface area contributed by atoms with Crippen LogP contribution < -0.4 is 21.1 Å². The van der Waals surface area contributed by atoms with Crippen molar-refractivity contribution < 1.29 is 22.7 Å². The van der Waals surface area contributed by atoms with E-state index < -0.39 is 17.9 Å². The largest absolute Gasteiger partial charge is 0.416 e. The van der Waals surface area contributed by atoms with Gasteiger partial charge in [-0.15, -0.1) is 0 Å². The second-order valence-electron chi connectivity index (χ2n) is 11.3. The SMILES string of the molecule is Cc1ccc(C(F)(F)F)cc1CCNc1cc[nH]c(=O)c1C1Nc2cc3c(cc2N1C)C(=O)N(CCN1CCOCC1)C3. The van der Waals surface area contributed by atoms with E-state index in [1.807, 2.05) is 29.0 Å². The van der Waals surface area contributed by atoms with Crippen LogP contribution in [-0.4, -0.2) is 73.7 Å². The van der Waals surface area contributed by atoms with Crippen LogP contribution in [0.15, 0.2) is 47.4 Å². The van der Waals surface area contributed by atoms with Crippen LogP contribution in [-0.2, 0) is 23.9 Å². The summed E-state index contributed by atoms with van der Waals surface area (Å²) in [6, 6.07) is 9.40. The summed E-state index contributed by atoms with van der Waals surface area (Å²) in [7, 11) is 1.87. The predicted octanol–water partition coefficient (Wildman–Crippen LogP) is 4.21. The van der Waals surface area contributed by atoms with E-state index >= 15 is 0 Å². The molecule has 0 saturated carbocycles. The molecule has 0 bridgehead atoms. The minimum Gasteiger partial charge on any atom is -0.384 e. The van der Waals surface area contributed by atoms with Crippen molar-refractivity contribution in [2.45, 2.75) is 32.2 Å². The number of anilines is 3. The molecule has 1 unspecified atom stereocenters. The number of ether oxygens (including phenoxy) is 1. The Morgan fingerprint density at radius 1 is 1.07 bits per heavy atom. The summed E-state index contributed by atoms with van der Waals surface area (Å²) in [5.74, 6) is 0.00714. The van der Waals surface area contributed by atoms with E-state index in [1.54, 1.807) is 19.2 Å². The molecule has 0 aliphatic carbocycles. The van der Waals surface area contributed by atoms with Crippen LogP contribution in [0, 0.1) is 6.92 Å². The number of aryl methyl sites for hydroxylation is 1. The number of nitrogens with one attached hydrogen (secondary N) is 3. The van der Waals surface area contributed by atoms with Crippen LogP contribution in [0.1, 0.15) is 44.3 Å². The van der Waals surface area contributed by atoms with E-state index in [0.717, 1.165) is 61.4 Å². The quantitative estimate of drug-likeness (QED) is 0.359. The molecule has 43 heavy (non-hydrogen) atoms. The Kier molecular flexibility index (Phi) is 7.82. The monoisotopic (exact) mass is 596 g/mol. The normalized spacial score (nSPS) is 18.5. The van der Waals surface area contributed by atoms with Gasteiger partial charge < -0.3 is 30.2 Å². The highest BCUT2D eigenvalue weighted by Crippen LogP contribution is 2.44. The number of rotatable bonds is 8. The number of alkyl halides is 3. The zero-order valence-electron chi connectivity index (χ0n) is 24.2. The number of H-pyrrole nitrogens is 1. The number of carbonyl (C=O) groups is 1. The smallest absolute Gasteiger partial charge is 0.384 e. The first-order valence-electron chi connectivity index (χ1n) is 14.5. The summed E-state index contributed by atoms with van der Waals surface area (Å²) in [5, 5.41) is 6.73. The number of nitrogens with zero attached hydrogens (tertiary/aromatic N) is 3. The number of halogens is 3. The highest BCUT2D eigenvalue weighted by Gasteiger charge is 2.36. The van der Waals surface area contributed by atoms with Gasteiger partial charge in [-0.3, -0.25) is 14.5 Å². The molecular formula is C31H35F3N6O3. The van der Waals surface area contributed by atoms with Gasteiger partial charge >= 0.3 is 6.18 Å². The summed E-state index contributed by atoms with van der Waals surface area (Å²) in [5.41, 5.74) is 4.73. The molecule has 4 heterocycles. The standard InChI is InChI=1S/C31H35F3N6O3/c1-19-3-4-22(31(32,33)34)15-20(19)5-7-35-24-6-8-36-29(41)27(24)28-37-25-16-21-18-40(10-9-39-11-13-43-14-12-39)30(42)23(21)17-26(25)38(28)2/h3-4,6,8,15-17,28,37H,5,7,9-14,18H2,1-2H3,(H2,35,36,41). The fourth-order valence-electron chi connectivity index (χ4n) is 6.10. The summed E-state index contributed by atoms with van der Waals surface area (Å²) >= 11 is 0. The van der Waals surface area contributed by atoms with E-state index in [1.165, 1.54) is 12.1 Å². The van der Waals surface area contributed by atoms with Crippen molar-refractivity contribution in [2.75, 3.05) is 68.5 Å². The third-order valence-corrected chi connectivity index (χ3v) is 8.61. The molecule has 3 aliphatic heterocycles. The summed E-state index contributed by atoms with van der Waals surface area (Å²) in [4.78, 5) is 35.3. The Labute approximate surface area is 247 Å². The summed E-state index contributed by atoms with van der Waals surface area (Å²) < 4.78 is 45.1. The number of hydrogen-bond acceptors (Lipinski definition) is 7. The molecule has 1 saturated heterocycles. The molecule has 3 aromatic rings. The van der Waals surface area contributed by atoms with E-state index in [2.05, 4.69) is 20.5 Å². The molecule has 6 rings (SSSR count). The van der Waals surface area contributed by atoms with Crippen LogP contribution in [0.2, 0.25) is 0 Å². The molecule has 2 aromatic carbocycles. The van der Waals surface area contributed by atoms with Gasteiger partial charge in [-0.05, 0) is 60.4 Å². The zero-order chi connectivity index (χ0) is 30.3. The number of morpholine rings is 1. The molecule has 3 aliphatic rings. The predicted molar refractivity (Wildman–Crippen MR) is 159 cm³/mol. The highest BCUT2D eigenvalue weighted by atomic mass is 19.4. The van der Waals surface area contributed by atoms with Gasteiger partial charge in [-0.2, -0.15) is 13.2 Å². The number of fused-ring (bicyclic) bond motifs is 2. The first-order valence-corrected chi connectivity index (χ1v) is 14.5.